The molecular formula is C13H18ClN3O3. The summed E-state index contributed by atoms with van der Waals surface area (Å²) in [5.74, 6) is 0.326. The SMILES string of the molecule is CCC(CC(N)=NO)NC(=O)COc1cccc(Cl)c1. The smallest absolute Gasteiger partial charge is 0.258 e. The van der Waals surface area contributed by atoms with Crippen LogP contribution in [0, 0.1) is 0 Å². The Hall–Kier alpha value is -1.95. The first-order valence-electron chi connectivity index (χ1n) is 6.19. The number of ether oxygens (including phenoxy) is 1. The Bertz CT molecular complexity index is 480. The predicted octanol–water partition coefficient (Wildman–Crippen LogP) is 1.75. The van der Waals surface area contributed by atoms with Crippen LogP contribution < -0.4 is 15.8 Å². The molecule has 7 heteroatoms. The van der Waals surface area contributed by atoms with Crippen molar-refractivity contribution in [2.75, 3.05) is 6.61 Å². The first-order valence-corrected chi connectivity index (χ1v) is 6.57. The maximum absolute atomic E-state index is 11.7. The molecule has 4 N–H and O–H groups in total. The summed E-state index contributed by atoms with van der Waals surface area (Å²) < 4.78 is 5.32. The number of nitrogens with two attached hydrogens (primary N) is 1. The van der Waals surface area contributed by atoms with Crippen LogP contribution in [0.1, 0.15) is 19.8 Å². The molecule has 1 aromatic carbocycles. The van der Waals surface area contributed by atoms with E-state index in [1.54, 1.807) is 24.3 Å². The molecule has 0 aliphatic rings. The fraction of sp³-hybridized carbons (Fsp3) is 0.385. The lowest BCUT2D eigenvalue weighted by Gasteiger charge is -2.16. The lowest BCUT2D eigenvalue weighted by atomic mass is 10.1. The van der Waals surface area contributed by atoms with E-state index in [0.717, 1.165) is 0 Å². The molecule has 0 radical (unpaired) electrons. The number of nitrogens with zero attached hydrogens (tertiary/aromatic N) is 1. The van der Waals surface area contributed by atoms with Gasteiger partial charge in [0.15, 0.2) is 6.61 Å². The largest absolute Gasteiger partial charge is 0.484 e. The molecule has 0 heterocycles. The standard InChI is InChI=1S/C13H18ClN3O3/c1-2-10(7-12(15)17-19)16-13(18)8-20-11-5-3-4-9(14)6-11/h3-6,10,19H,2,7-8H2,1H3,(H2,15,17)(H,16,18). The third kappa shape index (κ3) is 5.79. The highest BCUT2D eigenvalue weighted by Gasteiger charge is 2.12. The Morgan fingerprint density at radius 3 is 2.95 bits per heavy atom. The van der Waals surface area contributed by atoms with Crippen molar-refractivity contribution in [3.05, 3.63) is 29.3 Å². The van der Waals surface area contributed by atoms with Crippen LogP contribution in [-0.2, 0) is 4.79 Å². The number of amides is 1. The van der Waals surface area contributed by atoms with Gasteiger partial charge in [-0.25, -0.2) is 0 Å². The zero-order valence-electron chi connectivity index (χ0n) is 11.2. The predicted molar refractivity (Wildman–Crippen MR) is 77.2 cm³/mol. The number of halogens is 1. The Morgan fingerprint density at radius 1 is 1.60 bits per heavy atom. The topological polar surface area (TPSA) is 96.9 Å². The number of carbonyl (C=O) groups excluding carboxylic acids is 1. The highest BCUT2D eigenvalue weighted by Crippen LogP contribution is 2.16. The number of oxime groups is 1. The van der Waals surface area contributed by atoms with Crippen LogP contribution in [-0.4, -0.2) is 29.6 Å². The summed E-state index contributed by atoms with van der Waals surface area (Å²) in [6, 6.07) is 6.61. The summed E-state index contributed by atoms with van der Waals surface area (Å²) in [4.78, 5) is 11.7. The van der Waals surface area contributed by atoms with Crippen LogP contribution in [0.2, 0.25) is 5.02 Å². The first-order chi connectivity index (χ1) is 9.55. The molecule has 0 fully saturated rings. The van der Waals surface area contributed by atoms with Gasteiger partial charge in [-0.1, -0.05) is 29.7 Å². The van der Waals surface area contributed by atoms with E-state index in [2.05, 4.69) is 10.5 Å². The Morgan fingerprint density at radius 2 is 2.35 bits per heavy atom. The van der Waals surface area contributed by atoms with Gasteiger partial charge in [0, 0.05) is 17.5 Å². The molecule has 0 bridgehead atoms. The number of benzene rings is 1. The summed E-state index contributed by atoms with van der Waals surface area (Å²) in [7, 11) is 0. The second kappa shape index (κ2) is 8.27. The number of nitrogens with one attached hydrogen (secondary N) is 1. The molecular weight excluding hydrogens is 282 g/mol. The molecule has 6 nitrogen and oxygen atoms in total. The van der Waals surface area contributed by atoms with Gasteiger partial charge in [0.25, 0.3) is 5.91 Å². The molecule has 0 aliphatic heterocycles. The molecule has 1 rings (SSSR count). The Kier molecular flexibility index (Phi) is 6.66. The number of hydrogen-bond acceptors (Lipinski definition) is 4. The third-order valence-corrected chi connectivity index (χ3v) is 2.84. The summed E-state index contributed by atoms with van der Waals surface area (Å²) in [6.45, 7) is 1.78. The van der Waals surface area contributed by atoms with E-state index in [1.807, 2.05) is 6.92 Å². The van der Waals surface area contributed by atoms with Crippen LogP contribution >= 0.6 is 11.6 Å². The fourth-order valence-corrected chi connectivity index (χ4v) is 1.75. The minimum absolute atomic E-state index is 0.0768. The zero-order chi connectivity index (χ0) is 15.0. The van der Waals surface area contributed by atoms with Crippen molar-refractivity contribution in [3.63, 3.8) is 0 Å². The van der Waals surface area contributed by atoms with Crippen molar-refractivity contribution in [3.8, 4) is 5.75 Å². The molecule has 0 aromatic heterocycles. The van der Waals surface area contributed by atoms with E-state index >= 15 is 0 Å². The van der Waals surface area contributed by atoms with Gasteiger partial charge in [-0.15, -0.1) is 0 Å². The van der Waals surface area contributed by atoms with Gasteiger partial charge in [0.05, 0.1) is 0 Å². The fourth-order valence-electron chi connectivity index (χ4n) is 1.57. The molecule has 1 unspecified atom stereocenters. The molecule has 0 saturated heterocycles. The normalized spacial score (nSPS) is 12.8. The van der Waals surface area contributed by atoms with Gasteiger partial charge in [-0.3, -0.25) is 4.79 Å². The lowest BCUT2D eigenvalue weighted by Crippen LogP contribution is -2.40. The van der Waals surface area contributed by atoms with E-state index in [1.165, 1.54) is 0 Å². The summed E-state index contributed by atoms with van der Waals surface area (Å²) in [5.41, 5.74) is 5.41. The summed E-state index contributed by atoms with van der Waals surface area (Å²) >= 11 is 5.81. The van der Waals surface area contributed by atoms with E-state index in [0.29, 0.717) is 17.2 Å². The van der Waals surface area contributed by atoms with Gasteiger partial charge in [-0.05, 0) is 24.6 Å². The van der Waals surface area contributed by atoms with Crippen molar-refractivity contribution in [2.24, 2.45) is 10.9 Å². The Labute approximate surface area is 122 Å². The molecule has 20 heavy (non-hydrogen) atoms. The van der Waals surface area contributed by atoms with Crippen LogP contribution in [0.3, 0.4) is 0 Å². The van der Waals surface area contributed by atoms with Gasteiger partial charge in [-0.2, -0.15) is 0 Å². The quantitative estimate of drug-likeness (QED) is 0.309. The molecule has 1 aromatic rings. The van der Waals surface area contributed by atoms with Crippen LogP contribution in [0.15, 0.2) is 29.4 Å². The van der Waals surface area contributed by atoms with E-state index in [4.69, 9.17) is 27.3 Å². The summed E-state index contributed by atoms with van der Waals surface area (Å²) in [6.07, 6.45) is 0.953. The van der Waals surface area contributed by atoms with E-state index in [9.17, 15) is 4.79 Å². The van der Waals surface area contributed by atoms with Crippen LogP contribution in [0.5, 0.6) is 5.75 Å². The molecule has 110 valence electrons. The van der Waals surface area contributed by atoms with Gasteiger partial charge >= 0.3 is 0 Å². The lowest BCUT2D eigenvalue weighted by molar-refractivity contribution is -0.123. The van der Waals surface area contributed by atoms with Gasteiger partial charge < -0.3 is 21.0 Å². The summed E-state index contributed by atoms with van der Waals surface area (Å²) in [5, 5.41) is 14.7. The van der Waals surface area contributed by atoms with Gasteiger partial charge in [0.2, 0.25) is 0 Å². The highest BCUT2D eigenvalue weighted by molar-refractivity contribution is 6.30. The number of rotatable bonds is 7. The first kappa shape index (κ1) is 16.1. The maximum atomic E-state index is 11.7. The molecule has 1 amide bonds. The average Bonchev–Trinajstić information content (AvgIpc) is 2.44. The van der Waals surface area contributed by atoms with Crippen molar-refractivity contribution in [2.45, 2.75) is 25.8 Å². The minimum atomic E-state index is -0.275. The van der Waals surface area contributed by atoms with Crippen LogP contribution in [0.25, 0.3) is 0 Å². The van der Waals surface area contributed by atoms with E-state index < -0.39 is 0 Å². The van der Waals surface area contributed by atoms with Crippen molar-refractivity contribution in [1.29, 1.82) is 0 Å². The third-order valence-electron chi connectivity index (χ3n) is 2.61. The zero-order valence-corrected chi connectivity index (χ0v) is 11.9. The molecule has 0 spiro atoms. The van der Waals surface area contributed by atoms with Crippen molar-refractivity contribution in [1.82, 2.24) is 5.32 Å². The van der Waals surface area contributed by atoms with Crippen LogP contribution in [0.4, 0.5) is 0 Å². The van der Waals surface area contributed by atoms with Crippen molar-refractivity contribution < 1.29 is 14.7 Å². The molecule has 0 aliphatic carbocycles. The maximum Gasteiger partial charge on any atom is 0.258 e. The number of carbonyl (C=O) groups is 1. The minimum Gasteiger partial charge on any atom is -0.484 e. The second-order valence-electron chi connectivity index (χ2n) is 4.21. The Balaban J connectivity index is 2.42. The van der Waals surface area contributed by atoms with E-state index in [-0.39, 0.29) is 30.8 Å². The number of hydrogen-bond donors (Lipinski definition) is 3. The average molecular weight is 300 g/mol. The monoisotopic (exact) mass is 299 g/mol. The molecule has 0 saturated carbocycles. The number of amidine groups is 1. The van der Waals surface area contributed by atoms with Gasteiger partial charge in [0.1, 0.15) is 11.6 Å². The highest BCUT2D eigenvalue weighted by atomic mass is 35.5. The van der Waals surface area contributed by atoms with Crippen molar-refractivity contribution >= 4 is 23.3 Å². The second-order valence-corrected chi connectivity index (χ2v) is 4.65. The molecule has 1 atom stereocenters.